The van der Waals surface area contributed by atoms with Gasteiger partial charge in [0.15, 0.2) is 17.8 Å². The molecule has 1 fully saturated rings. The highest BCUT2D eigenvalue weighted by molar-refractivity contribution is 6.56. The van der Waals surface area contributed by atoms with E-state index in [9.17, 15) is 14.7 Å². The van der Waals surface area contributed by atoms with Gasteiger partial charge in [-0.3, -0.25) is 4.79 Å². The first-order valence-corrected chi connectivity index (χ1v) is 10.9. The minimum absolute atomic E-state index is 0.0476. The topological polar surface area (TPSA) is 103 Å². The van der Waals surface area contributed by atoms with Crippen LogP contribution in [0.2, 0.25) is 0 Å². The van der Waals surface area contributed by atoms with Crippen molar-refractivity contribution in [2.45, 2.75) is 45.5 Å². The van der Waals surface area contributed by atoms with Gasteiger partial charge in [-0.05, 0) is 56.4 Å². The summed E-state index contributed by atoms with van der Waals surface area (Å²) in [7, 11) is 0.640. The summed E-state index contributed by atoms with van der Waals surface area (Å²) in [6.07, 6.45) is 1.71. The second-order valence-corrected chi connectivity index (χ2v) is 8.99. The van der Waals surface area contributed by atoms with Crippen LogP contribution < -0.4 is 10.1 Å². The molecule has 0 bridgehead atoms. The van der Waals surface area contributed by atoms with Crippen molar-refractivity contribution in [1.82, 2.24) is 5.32 Å². The van der Waals surface area contributed by atoms with Gasteiger partial charge >= 0.3 is 13.2 Å². The van der Waals surface area contributed by atoms with Crippen LogP contribution in [0.3, 0.4) is 0 Å². The van der Waals surface area contributed by atoms with E-state index in [2.05, 4.69) is 5.32 Å². The SMILES string of the molecule is COc1cc(C=C(CNC(=O)OCc2ccccc2)B2OC(C)(C)C(C)(C)O2)c(C=O)cc1O. The van der Waals surface area contributed by atoms with Gasteiger partial charge in [-0.15, -0.1) is 0 Å². The molecule has 1 amide bonds. The van der Waals surface area contributed by atoms with E-state index in [1.54, 1.807) is 6.08 Å². The maximum Gasteiger partial charge on any atom is 0.492 e. The summed E-state index contributed by atoms with van der Waals surface area (Å²) in [5.41, 5.74) is 0.945. The van der Waals surface area contributed by atoms with Gasteiger partial charge < -0.3 is 29.2 Å². The summed E-state index contributed by atoms with van der Waals surface area (Å²) in [5.74, 6) is 0.0573. The molecule has 1 aliphatic rings. The molecule has 1 heterocycles. The molecule has 9 heteroatoms. The van der Waals surface area contributed by atoms with Crippen molar-refractivity contribution in [2.24, 2.45) is 0 Å². The Morgan fingerprint density at radius 2 is 1.74 bits per heavy atom. The van der Waals surface area contributed by atoms with E-state index in [1.165, 1.54) is 19.2 Å². The number of phenols is 1. The van der Waals surface area contributed by atoms with E-state index in [-0.39, 0.29) is 30.2 Å². The number of hydrogen-bond donors (Lipinski definition) is 2. The van der Waals surface area contributed by atoms with Crippen molar-refractivity contribution < 1.29 is 33.5 Å². The molecule has 0 aliphatic carbocycles. The maximum absolute atomic E-state index is 12.4. The standard InChI is InChI=1S/C25H30BNO7/c1-24(2)25(3,4)34-26(33-24)20(11-18-13-22(31-5)21(29)12-19(18)15-28)14-27-23(30)32-16-17-9-7-6-8-10-17/h6-13,15,29H,14,16H2,1-5H3,(H,27,30). The number of carbonyl (C=O) groups excluding carboxylic acids is 2. The predicted octanol–water partition coefficient (Wildman–Crippen LogP) is 4.15. The fourth-order valence-corrected chi connectivity index (χ4v) is 3.34. The van der Waals surface area contributed by atoms with E-state index in [4.69, 9.17) is 18.8 Å². The first kappa shape index (κ1) is 25.3. The fourth-order valence-electron chi connectivity index (χ4n) is 3.34. The summed E-state index contributed by atoms with van der Waals surface area (Å²) >= 11 is 0. The van der Waals surface area contributed by atoms with Crippen molar-refractivity contribution in [3.8, 4) is 11.5 Å². The molecule has 180 valence electrons. The van der Waals surface area contributed by atoms with Gasteiger partial charge in [0.05, 0.1) is 18.3 Å². The number of carbonyl (C=O) groups is 2. The monoisotopic (exact) mass is 467 g/mol. The van der Waals surface area contributed by atoms with Gasteiger partial charge in [-0.25, -0.2) is 4.79 Å². The molecule has 3 rings (SSSR count). The van der Waals surface area contributed by atoms with Crippen LogP contribution in [-0.2, 0) is 20.7 Å². The number of hydrogen-bond acceptors (Lipinski definition) is 7. The largest absolute Gasteiger partial charge is 0.504 e. The minimum atomic E-state index is -0.779. The molecule has 0 spiro atoms. The van der Waals surface area contributed by atoms with Crippen molar-refractivity contribution in [3.05, 3.63) is 64.6 Å². The zero-order valence-electron chi connectivity index (χ0n) is 20.1. The lowest BCUT2D eigenvalue weighted by atomic mass is 9.76. The molecule has 8 nitrogen and oxygen atoms in total. The van der Waals surface area contributed by atoms with Crippen LogP contribution in [-0.4, -0.2) is 49.5 Å². The minimum Gasteiger partial charge on any atom is -0.504 e. The van der Waals surface area contributed by atoms with Gasteiger partial charge in [0.2, 0.25) is 0 Å². The van der Waals surface area contributed by atoms with Crippen molar-refractivity contribution in [1.29, 1.82) is 0 Å². The van der Waals surface area contributed by atoms with Crippen molar-refractivity contribution in [2.75, 3.05) is 13.7 Å². The van der Waals surface area contributed by atoms with E-state index in [0.29, 0.717) is 17.3 Å². The highest BCUT2D eigenvalue weighted by atomic mass is 16.7. The predicted molar refractivity (Wildman–Crippen MR) is 129 cm³/mol. The average Bonchev–Trinajstić information content (AvgIpc) is 3.02. The molecule has 0 radical (unpaired) electrons. The Bertz CT molecular complexity index is 1050. The Hall–Kier alpha value is -3.30. The second-order valence-electron chi connectivity index (χ2n) is 8.99. The molecule has 0 aromatic heterocycles. The molecule has 0 saturated carbocycles. The molecule has 34 heavy (non-hydrogen) atoms. The van der Waals surface area contributed by atoms with Crippen LogP contribution in [0, 0.1) is 0 Å². The summed E-state index contributed by atoms with van der Waals surface area (Å²) in [5, 5.41) is 12.8. The van der Waals surface area contributed by atoms with Crippen molar-refractivity contribution >= 4 is 25.6 Å². The molecular weight excluding hydrogens is 437 g/mol. The number of methoxy groups -OCH3 is 1. The number of amides is 1. The Balaban J connectivity index is 1.85. The Kier molecular flexibility index (Phi) is 7.69. The highest BCUT2D eigenvalue weighted by Crippen LogP contribution is 2.39. The molecule has 2 N–H and O–H groups in total. The number of benzene rings is 2. The lowest BCUT2D eigenvalue weighted by Gasteiger charge is -2.32. The normalized spacial score (nSPS) is 16.7. The third-order valence-electron chi connectivity index (χ3n) is 6.06. The van der Waals surface area contributed by atoms with Crippen LogP contribution in [0.5, 0.6) is 11.5 Å². The van der Waals surface area contributed by atoms with E-state index < -0.39 is 24.4 Å². The van der Waals surface area contributed by atoms with Crippen LogP contribution in [0.15, 0.2) is 47.9 Å². The smallest absolute Gasteiger partial charge is 0.492 e. The molecule has 2 aromatic carbocycles. The third kappa shape index (κ3) is 5.79. The fraction of sp³-hybridized carbons (Fsp3) is 0.360. The average molecular weight is 467 g/mol. The van der Waals surface area contributed by atoms with Gasteiger partial charge in [0, 0.05) is 12.1 Å². The molecule has 2 aromatic rings. The summed E-state index contributed by atoms with van der Waals surface area (Å²) in [6.45, 7) is 7.87. The van der Waals surface area contributed by atoms with Gasteiger partial charge in [-0.2, -0.15) is 0 Å². The maximum atomic E-state index is 12.4. The Morgan fingerprint density at radius 1 is 1.09 bits per heavy atom. The molecular formula is C25H30BNO7. The van der Waals surface area contributed by atoms with E-state index >= 15 is 0 Å². The number of aromatic hydroxyl groups is 1. The first-order chi connectivity index (χ1) is 16.1. The molecule has 1 saturated heterocycles. The quantitative estimate of drug-likeness (QED) is 0.444. The number of phenolic OH excluding ortho intramolecular Hbond substituents is 1. The summed E-state index contributed by atoms with van der Waals surface area (Å²) < 4.78 is 22.8. The summed E-state index contributed by atoms with van der Waals surface area (Å²) in [4.78, 5) is 24.0. The van der Waals surface area contributed by atoms with Crippen LogP contribution in [0.25, 0.3) is 6.08 Å². The Morgan fingerprint density at radius 3 is 2.32 bits per heavy atom. The van der Waals surface area contributed by atoms with Gasteiger partial charge in [-0.1, -0.05) is 36.4 Å². The summed E-state index contributed by atoms with van der Waals surface area (Å²) in [6, 6.07) is 12.2. The zero-order valence-corrected chi connectivity index (χ0v) is 20.1. The molecule has 0 unspecified atom stereocenters. The highest BCUT2D eigenvalue weighted by Gasteiger charge is 2.52. The number of aldehydes is 1. The van der Waals surface area contributed by atoms with Gasteiger partial charge in [0.25, 0.3) is 0 Å². The lowest BCUT2D eigenvalue weighted by Crippen LogP contribution is -2.41. The molecule has 0 atom stereocenters. The van der Waals surface area contributed by atoms with Crippen molar-refractivity contribution in [3.63, 3.8) is 0 Å². The number of nitrogens with one attached hydrogen (secondary N) is 1. The van der Waals surface area contributed by atoms with E-state index in [0.717, 1.165) is 5.56 Å². The number of rotatable bonds is 8. The van der Waals surface area contributed by atoms with Crippen LogP contribution >= 0.6 is 0 Å². The van der Waals surface area contributed by atoms with Crippen LogP contribution in [0.1, 0.15) is 49.2 Å². The lowest BCUT2D eigenvalue weighted by molar-refractivity contribution is 0.00578. The van der Waals surface area contributed by atoms with Gasteiger partial charge in [0.1, 0.15) is 6.61 Å². The number of ether oxygens (including phenoxy) is 2. The zero-order chi connectivity index (χ0) is 24.9. The third-order valence-corrected chi connectivity index (χ3v) is 6.06. The number of alkyl carbamates (subject to hydrolysis) is 1. The Labute approximate surface area is 200 Å². The van der Waals surface area contributed by atoms with Crippen LogP contribution in [0.4, 0.5) is 4.79 Å². The van der Waals surface area contributed by atoms with E-state index in [1.807, 2.05) is 58.0 Å². The first-order valence-electron chi connectivity index (χ1n) is 10.9. The molecule has 1 aliphatic heterocycles. The second kappa shape index (κ2) is 10.3.